The first-order valence-corrected chi connectivity index (χ1v) is 7.84. The monoisotopic (exact) mass is 287 g/mol. The van der Waals surface area contributed by atoms with E-state index in [9.17, 15) is 0 Å². The van der Waals surface area contributed by atoms with E-state index in [1.54, 1.807) is 18.9 Å². The van der Waals surface area contributed by atoms with Gasteiger partial charge in [-0.25, -0.2) is 0 Å². The Morgan fingerprint density at radius 3 is 2.50 bits per heavy atom. The molecule has 0 bridgehead atoms. The van der Waals surface area contributed by atoms with Gasteiger partial charge in [-0.3, -0.25) is 0 Å². The summed E-state index contributed by atoms with van der Waals surface area (Å²) in [4.78, 5) is 1.21. The second-order valence-electron chi connectivity index (χ2n) is 4.92. The number of rotatable bonds is 4. The van der Waals surface area contributed by atoms with E-state index < -0.39 is 0 Å². The highest BCUT2D eigenvalue weighted by molar-refractivity contribution is 7.98. The maximum absolute atomic E-state index is 6.53. The van der Waals surface area contributed by atoms with E-state index in [4.69, 9.17) is 10.5 Å². The average Bonchev–Trinajstić information content (AvgIpc) is 2.45. The number of hydrogen-bond donors (Lipinski definition) is 1. The van der Waals surface area contributed by atoms with Crippen molar-refractivity contribution in [1.29, 1.82) is 0 Å². The summed E-state index contributed by atoms with van der Waals surface area (Å²) in [6.45, 7) is 4.16. The number of aryl methyl sites for hydroxylation is 2. The number of thioether (sulfide) groups is 1. The fraction of sp³-hybridized carbons (Fsp3) is 0.294. The lowest BCUT2D eigenvalue weighted by Crippen LogP contribution is -2.15. The van der Waals surface area contributed by atoms with Crippen molar-refractivity contribution < 1.29 is 4.74 Å². The van der Waals surface area contributed by atoms with Crippen LogP contribution >= 0.6 is 11.8 Å². The van der Waals surface area contributed by atoms with E-state index >= 15 is 0 Å². The second-order valence-corrected chi connectivity index (χ2v) is 5.77. The highest BCUT2D eigenvalue weighted by Gasteiger charge is 2.19. The first-order chi connectivity index (χ1) is 9.58. The average molecular weight is 287 g/mol. The van der Waals surface area contributed by atoms with E-state index in [0.29, 0.717) is 0 Å². The Morgan fingerprint density at radius 2 is 1.85 bits per heavy atom. The molecule has 0 saturated carbocycles. The fourth-order valence-corrected chi connectivity index (χ4v) is 3.23. The number of ether oxygens (including phenoxy) is 1. The van der Waals surface area contributed by atoms with Crippen LogP contribution in [-0.2, 0) is 0 Å². The predicted octanol–water partition coefficient (Wildman–Crippen LogP) is 4.08. The zero-order valence-electron chi connectivity index (χ0n) is 12.4. The van der Waals surface area contributed by atoms with Crippen molar-refractivity contribution in [3.8, 4) is 5.75 Å². The Balaban J connectivity index is 2.56. The normalized spacial score (nSPS) is 12.2. The molecule has 2 aromatic rings. The van der Waals surface area contributed by atoms with E-state index in [1.807, 2.05) is 18.2 Å². The molecule has 2 nitrogen and oxygen atoms in total. The Bertz CT molecular complexity index is 610. The lowest BCUT2D eigenvalue weighted by Gasteiger charge is -2.21. The van der Waals surface area contributed by atoms with Gasteiger partial charge in [0.1, 0.15) is 5.75 Å². The van der Waals surface area contributed by atoms with Gasteiger partial charge in [0.15, 0.2) is 0 Å². The molecule has 0 heterocycles. The molecule has 1 unspecified atom stereocenters. The van der Waals surface area contributed by atoms with Crippen molar-refractivity contribution in [2.45, 2.75) is 24.8 Å². The van der Waals surface area contributed by atoms with Gasteiger partial charge in [0.05, 0.1) is 13.2 Å². The maximum atomic E-state index is 6.53. The van der Waals surface area contributed by atoms with Gasteiger partial charge >= 0.3 is 0 Å². The summed E-state index contributed by atoms with van der Waals surface area (Å²) in [5.74, 6) is 0.867. The Labute approximate surface area is 125 Å². The van der Waals surface area contributed by atoms with Crippen LogP contribution in [0, 0.1) is 13.8 Å². The van der Waals surface area contributed by atoms with Gasteiger partial charge in [0.2, 0.25) is 0 Å². The lowest BCUT2D eigenvalue weighted by molar-refractivity contribution is 0.407. The Hall–Kier alpha value is -1.45. The topological polar surface area (TPSA) is 35.2 Å². The molecule has 1 atom stereocenters. The third-order valence-electron chi connectivity index (χ3n) is 3.50. The molecule has 106 valence electrons. The molecule has 0 aliphatic rings. The van der Waals surface area contributed by atoms with Gasteiger partial charge < -0.3 is 10.5 Å². The van der Waals surface area contributed by atoms with Crippen molar-refractivity contribution in [2.24, 2.45) is 5.73 Å². The second kappa shape index (κ2) is 6.33. The molecule has 0 amide bonds. The molecule has 0 radical (unpaired) electrons. The first kappa shape index (κ1) is 14.9. The molecule has 0 saturated heterocycles. The van der Waals surface area contributed by atoms with Gasteiger partial charge in [-0.2, -0.15) is 0 Å². The summed E-state index contributed by atoms with van der Waals surface area (Å²) in [6.07, 6.45) is 2.07. The van der Waals surface area contributed by atoms with Gasteiger partial charge in [0.25, 0.3) is 0 Å². The minimum absolute atomic E-state index is 0.172. The highest BCUT2D eigenvalue weighted by Crippen LogP contribution is 2.35. The quantitative estimate of drug-likeness (QED) is 0.861. The van der Waals surface area contributed by atoms with Crippen molar-refractivity contribution in [3.05, 3.63) is 58.7 Å². The summed E-state index contributed by atoms with van der Waals surface area (Å²) in [6, 6.07) is 12.3. The van der Waals surface area contributed by atoms with Crippen LogP contribution in [0.4, 0.5) is 0 Å². The van der Waals surface area contributed by atoms with Crippen LogP contribution in [0.25, 0.3) is 0 Å². The summed E-state index contributed by atoms with van der Waals surface area (Å²) in [5, 5.41) is 0. The molecule has 2 aromatic carbocycles. The zero-order chi connectivity index (χ0) is 14.7. The summed E-state index contributed by atoms with van der Waals surface area (Å²) >= 11 is 1.72. The molecule has 3 heteroatoms. The van der Waals surface area contributed by atoms with E-state index in [2.05, 4.69) is 38.3 Å². The SMILES string of the molecule is COc1cc(C)cc(C)c1C(N)c1ccccc1SC. The smallest absolute Gasteiger partial charge is 0.124 e. The minimum atomic E-state index is -0.172. The standard InChI is InChI=1S/C17H21NOS/c1-11-9-12(2)16(14(10-11)19-3)17(18)13-7-5-6-8-15(13)20-4/h5-10,17H,18H2,1-4H3. The number of methoxy groups -OCH3 is 1. The molecule has 0 aliphatic carbocycles. The number of nitrogens with two attached hydrogens (primary N) is 1. The third kappa shape index (κ3) is 2.84. The van der Waals surface area contributed by atoms with E-state index in [-0.39, 0.29) is 6.04 Å². The summed E-state index contributed by atoms with van der Waals surface area (Å²) < 4.78 is 5.54. The molecule has 0 aliphatic heterocycles. The fourth-order valence-electron chi connectivity index (χ4n) is 2.59. The van der Waals surface area contributed by atoms with Crippen LogP contribution in [-0.4, -0.2) is 13.4 Å². The first-order valence-electron chi connectivity index (χ1n) is 6.62. The highest BCUT2D eigenvalue weighted by atomic mass is 32.2. The van der Waals surface area contributed by atoms with Gasteiger partial charge in [-0.05, 0) is 48.9 Å². The van der Waals surface area contributed by atoms with Crippen molar-refractivity contribution >= 4 is 11.8 Å². The van der Waals surface area contributed by atoms with Crippen LogP contribution in [0.5, 0.6) is 5.75 Å². The van der Waals surface area contributed by atoms with E-state index in [1.165, 1.54) is 16.0 Å². The minimum Gasteiger partial charge on any atom is -0.496 e. The molecule has 0 fully saturated rings. The van der Waals surface area contributed by atoms with Crippen molar-refractivity contribution in [2.75, 3.05) is 13.4 Å². The number of benzene rings is 2. The van der Waals surface area contributed by atoms with Crippen LogP contribution in [0.1, 0.15) is 28.3 Å². The van der Waals surface area contributed by atoms with Crippen LogP contribution in [0.15, 0.2) is 41.3 Å². The molecule has 2 N–H and O–H groups in total. The van der Waals surface area contributed by atoms with Crippen LogP contribution < -0.4 is 10.5 Å². The summed E-state index contributed by atoms with van der Waals surface area (Å²) in [7, 11) is 1.70. The number of hydrogen-bond acceptors (Lipinski definition) is 3. The van der Waals surface area contributed by atoms with Gasteiger partial charge in [-0.15, -0.1) is 11.8 Å². The zero-order valence-corrected chi connectivity index (χ0v) is 13.3. The molecular formula is C17H21NOS. The predicted molar refractivity (Wildman–Crippen MR) is 86.7 cm³/mol. The Morgan fingerprint density at radius 1 is 1.15 bits per heavy atom. The van der Waals surface area contributed by atoms with Crippen LogP contribution in [0.2, 0.25) is 0 Å². The van der Waals surface area contributed by atoms with Crippen LogP contribution in [0.3, 0.4) is 0 Å². The maximum Gasteiger partial charge on any atom is 0.124 e. The molecule has 0 spiro atoms. The largest absolute Gasteiger partial charge is 0.496 e. The van der Waals surface area contributed by atoms with E-state index in [0.717, 1.165) is 16.9 Å². The molecule has 20 heavy (non-hydrogen) atoms. The Kier molecular flexibility index (Phi) is 4.73. The summed E-state index contributed by atoms with van der Waals surface area (Å²) in [5.41, 5.74) is 11.1. The molecular weight excluding hydrogens is 266 g/mol. The van der Waals surface area contributed by atoms with Gasteiger partial charge in [0, 0.05) is 10.5 Å². The lowest BCUT2D eigenvalue weighted by atomic mass is 9.93. The molecule has 0 aromatic heterocycles. The third-order valence-corrected chi connectivity index (χ3v) is 4.31. The van der Waals surface area contributed by atoms with Crippen molar-refractivity contribution in [1.82, 2.24) is 0 Å². The van der Waals surface area contributed by atoms with Crippen molar-refractivity contribution in [3.63, 3.8) is 0 Å². The molecule has 2 rings (SSSR count). The van der Waals surface area contributed by atoms with Gasteiger partial charge in [-0.1, -0.05) is 24.3 Å².